The van der Waals surface area contributed by atoms with E-state index >= 15 is 0 Å². The zero-order valence-corrected chi connectivity index (χ0v) is 13.8. The smallest absolute Gasteiger partial charge is 0.0411 e. The minimum Gasteiger partial charge on any atom is -0.381 e. The maximum atomic E-state index is 3.51. The third kappa shape index (κ3) is 4.01. The normalized spacial score (nSPS) is 10.8. The predicted molar refractivity (Wildman–Crippen MR) is 93.4 cm³/mol. The summed E-state index contributed by atoms with van der Waals surface area (Å²) in [6.07, 6.45) is 0. The molecule has 0 bridgehead atoms. The van der Waals surface area contributed by atoms with E-state index in [-0.39, 0.29) is 0 Å². The molecule has 0 aliphatic heterocycles. The number of nitrogens with zero attached hydrogens (tertiary/aromatic N) is 1. The minimum absolute atomic E-state index is 0.590. The van der Waals surface area contributed by atoms with Gasteiger partial charge in [0.1, 0.15) is 0 Å². The van der Waals surface area contributed by atoms with Crippen LogP contribution in [0.15, 0.2) is 42.5 Å². The molecule has 2 rings (SSSR count). The summed E-state index contributed by atoms with van der Waals surface area (Å²) in [5.41, 5.74) is 6.43. The van der Waals surface area contributed by atoms with E-state index in [0.29, 0.717) is 5.92 Å². The van der Waals surface area contributed by atoms with Crippen LogP contribution >= 0.6 is 0 Å². The van der Waals surface area contributed by atoms with Crippen LogP contribution in [0.4, 0.5) is 11.4 Å². The van der Waals surface area contributed by atoms with Gasteiger partial charge in [-0.2, -0.15) is 0 Å². The second-order valence-corrected chi connectivity index (χ2v) is 6.15. The van der Waals surface area contributed by atoms with E-state index in [4.69, 9.17) is 0 Å². The number of hydrogen-bond donors (Lipinski definition) is 1. The summed E-state index contributed by atoms with van der Waals surface area (Å²) in [6, 6.07) is 15.4. The number of anilines is 2. The summed E-state index contributed by atoms with van der Waals surface area (Å²) in [6.45, 7) is 7.45. The Bertz CT molecular complexity index is 583. The first-order valence-corrected chi connectivity index (χ1v) is 7.58. The quantitative estimate of drug-likeness (QED) is 0.847. The van der Waals surface area contributed by atoms with Crippen LogP contribution in [0.25, 0.3) is 0 Å². The first kappa shape index (κ1) is 15.4. The first-order valence-electron chi connectivity index (χ1n) is 7.58. The van der Waals surface area contributed by atoms with Gasteiger partial charge in [-0.1, -0.05) is 44.2 Å². The van der Waals surface area contributed by atoms with E-state index < -0.39 is 0 Å². The molecule has 2 aromatic rings. The zero-order chi connectivity index (χ0) is 15.4. The van der Waals surface area contributed by atoms with Crippen LogP contribution in [-0.4, -0.2) is 14.1 Å². The second-order valence-electron chi connectivity index (χ2n) is 6.15. The molecule has 0 unspecified atom stereocenters. The van der Waals surface area contributed by atoms with Gasteiger partial charge < -0.3 is 10.2 Å². The van der Waals surface area contributed by atoms with Gasteiger partial charge in [0.15, 0.2) is 0 Å². The Balaban J connectivity index is 2.04. The van der Waals surface area contributed by atoms with E-state index in [1.807, 2.05) is 0 Å². The molecule has 1 N–H and O–H groups in total. The van der Waals surface area contributed by atoms with E-state index in [0.717, 1.165) is 12.2 Å². The number of hydrogen-bond acceptors (Lipinski definition) is 2. The largest absolute Gasteiger partial charge is 0.381 e. The van der Waals surface area contributed by atoms with Crippen molar-refractivity contribution in [1.29, 1.82) is 0 Å². The fourth-order valence-corrected chi connectivity index (χ4v) is 2.43. The molecule has 0 aromatic heterocycles. The Morgan fingerprint density at radius 2 is 1.67 bits per heavy atom. The van der Waals surface area contributed by atoms with Gasteiger partial charge in [-0.05, 0) is 41.7 Å². The van der Waals surface area contributed by atoms with Crippen molar-refractivity contribution in [3.63, 3.8) is 0 Å². The molecule has 21 heavy (non-hydrogen) atoms. The van der Waals surface area contributed by atoms with Crippen molar-refractivity contribution in [3.05, 3.63) is 59.2 Å². The molecule has 0 amide bonds. The van der Waals surface area contributed by atoms with Gasteiger partial charge >= 0.3 is 0 Å². The van der Waals surface area contributed by atoms with Gasteiger partial charge in [0.25, 0.3) is 0 Å². The van der Waals surface area contributed by atoms with Crippen LogP contribution in [0.2, 0.25) is 0 Å². The monoisotopic (exact) mass is 282 g/mol. The Morgan fingerprint density at radius 3 is 2.24 bits per heavy atom. The summed E-state index contributed by atoms with van der Waals surface area (Å²) in [7, 11) is 4.16. The molecule has 0 atom stereocenters. The fourth-order valence-electron chi connectivity index (χ4n) is 2.43. The van der Waals surface area contributed by atoms with E-state index in [2.05, 4.69) is 87.5 Å². The molecule has 0 heterocycles. The molecular formula is C19H26N2. The van der Waals surface area contributed by atoms with Gasteiger partial charge in [-0.3, -0.25) is 0 Å². The van der Waals surface area contributed by atoms with Crippen molar-refractivity contribution < 1.29 is 0 Å². The Labute approximate surface area is 128 Å². The van der Waals surface area contributed by atoms with Crippen molar-refractivity contribution in [2.45, 2.75) is 33.2 Å². The van der Waals surface area contributed by atoms with E-state index in [9.17, 15) is 0 Å². The average molecular weight is 282 g/mol. The fraction of sp³-hybridized carbons (Fsp3) is 0.368. The molecule has 0 aliphatic carbocycles. The lowest BCUT2D eigenvalue weighted by molar-refractivity contribution is 0.865. The van der Waals surface area contributed by atoms with Crippen LogP contribution in [0.3, 0.4) is 0 Å². The van der Waals surface area contributed by atoms with Gasteiger partial charge in [0, 0.05) is 32.0 Å². The summed E-state index contributed by atoms with van der Waals surface area (Å²) in [4.78, 5) is 2.15. The lowest BCUT2D eigenvalue weighted by Gasteiger charge is -2.17. The Kier molecular flexibility index (Phi) is 4.89. The lowest BCUT2D eigenvalue weighted by atomic mass is 10.0. The molecule has 0 spiro atoms. The standard InChI is InChI=1S/C19H26N2/c1-14(2)17-9-7-16(8-10-17)13-20-18-11-6-15(3)19(12-18)21(4)5/h6-12,14,20H,13H2,1-5H3. The molecule has 2 aromatic carbocycles. The van der Waals surface area contributed by atoms with Crippen LogP contribution in [0, 0.1) is 6.92 Å². The highest BCUT2D eigenvalue weighted by Crippen LogP contribution is 2.23. The van der Waals surface area contributed by atoms with Crippen molar-refractivity contribution >= 4 is 11.4 Å². The van der Waals surface area contributed by atoms with Crippen LogP contribution in [0.1, 0.15) is 36.5 Å². The maximum absolute atomic E-state index is 3.51. The van der Waals surface area contributed by atoms with Gasteiger partial charge in [0.05, 0.1) is 0 Å². The highest BCUT2D eigenvalue weighted by molar-refractivity contribution is 5.61. The number of aryl methyl sites for hydroxylation is 1. The van der Waals surface area contributed by atoms with Crippen molar-refractivity contribution in [2.24, 2.45) is 0 Å². The SMILES string of the molecule is Cc1ccc(NCc2ccc(C(C)C)cc2)cc1N(C)C. The highest BCUT2D eigenvalue weighted by atomic mass is 15.1. The average Bonchev–Trinajstić information content (AvgIpc) is 2.46. The highest BCUT2D eigenvalue weighted by Gasteiger charge is 2.03. The second kappa shape index (κ2) is 6.66. The maximum Gasteiger partial charge on any atom is 0.0411 e. The Morgan fingerprint density at radius 1 is 1.00 bits per heavy atom. The molecule has 0 radical (unpaired) electrons. The molecule has 0 saturated heterocycles. The summed E-state index contributed by atoms with van der Waals surface area (Å²) < 4.78 is 0. The first-order chi connectivity index (χ1) is 9.97. The van der Waals surface area contributed by atoms with Crippen LogP contribution in [0.5, 0.6) is 0 Å². The molecule has 0 fully saturated rings. The van der Waals surface area contributed by atoms with E-state index in [1.54, 1.807) is 0 Å². The van der Waals surface area contributed by atoms with Crippen molar-refractivity contribution in [2.75, 3.05) is 24.3 Å². The van der Waals surface area contributed by atoms with Crippen LogP contribution in [-0.2, 0) is 6.54 Å². The molecule has 112 valence electrons. The molecule has 2 heteroatoms. The Hall–Kier alpha value is -1.96. The third-order valence-electron chi connectivity index (χ3n) is 3.83. The van der Waals surface area contributed by atoms with Crippen molar-refractivity contribution in [1.82, 2.24) is 0 Å². The van der Waals surface area contributed by atoms with Crippen LogP contribution < -0.4 is 10.2 Å². The zero-order valence-electron chi connectivity index (χ0n) is 13.8. The molecule has 0 saturated carbocycles. The lowest BCUT2D eigenvalue weighted by Crippen LogP contribution is -2.11. The van der Waals surface area contributed by atoms with E-state index in [1.165, 1.54) is 22.4 Å². The summed E-state index contributed by atoms with van der Waals surface area (Å²) in [5, 5.41) is 3.51. The minimum atomic E-state index is 0.590. The topological polar surface area (TPSA) is 15.3 Å². The number of benzene rings is 2. The molecular weight excluding hydrogens is 256 g/mol. The summed E-state index contributed by atoms with van der Waals surface area (Å²) in [5.74, 6) is 0.590. The third-order valence-corrected chi connectivity index (χ3v) is 3.83. The van der Waals surface area contributed by atoms with Gasteiger partial charge in [0.2, 0.25) is 0 Å². The molecule has 2 nitrogen and oxygen atoms in total. The van der Waals surface area contributed by atoms with Gasteiger partial charge in [-0.15, -0.1) is 0 Å². The molecule has 0 aliphatic rings. The predicted octanol–water partition coefficient (Wildman–Crippen LogP) is 4.80. The number of nitrogens with one attached hydrogen (secondary N) is 1. The summed E-state index contributed by atoms with van der Waals surface area (Å²) >= 11 is 0. The van der Waals surface area contributed by atoms with Gasteiger partial charge in [-0.25, -0.2) is 0 Å². The van der Waals surface area contributed by atoms with Crippen molar-refractivity contribution in [3.8, 4) is 0 Å². The number of rotatable bonds is 5.